The fraction of sp³-hybridized carbons (Fsp3) is 0.250. The van der Waals surface area contributed by atoms with E-state index in [2.05, 4.69) is 63.5 Å². The monoisotopic (exact) mass is 405 g/mol. The van der Waals surface area contributed by atoms with Crippen LogP contribution < -0.4 is 4.90 Å². The summed E-state index contributed by atoms with van der Waals surface area (Å²) in [5.74, 6) is -0.181. The third-order valence-corrected chi connectivity index (χ3v) is 6.83. The van der Waals surface area contributed by atoms with Crippen molar-refractivity contribution < 1.29 is 4.39 Å². The van der Waals surface area contributed by atoms with Crippen LogP contribution in [0.4, 0.5) is 10.1 Å². The lowest BCUT2D eigenvalue weighted by Gasteiger charge is -2.40. The van der Waals surface area contributed by atoms with Crippen molar-refractivity contribution in [3.63, 3.8) is 0 Å². The van der Waals surface area contributed by atoms with Crippen LogP contribution >= 0.6 is 11.3 Å². The molecule has 0 spiro atoms. The number of H-pyrrole nitrogens is 1. The summed E-state index contributed by atoms with van der Waals surface area (Å²) in [5.41, 5.74) is 4.93. The third kappa shape index (κ3) is 3.45. The number of benzene rings is 2. The van der Waals surface area contributed by atoms with Crippen LogP contribution in [0.25, 0.3) is 10.9 Å². The van der Waals surface area contributed by atoms with Crippen molar-refractivity contribution >= 4 is 27.9 Å². The summed E-state index contributed by atoms with van der Waals surface area (Å²) in [7, 11) is 0. The largest absolute Gasteiger partial charge is 0.369 e. The van der Waals surface area contributed by atoms with Gasteiger partial charge in [-0.05, 0) is 48.7 Å². The van der Waals surface area contributed by atoms with Crippen molar-refractivity contribution in [1.82, 2.24) is 9.88 Å². The van der Waals surface area contributed by atoms with E-state index in [1.54, 1.807) is 12.1 Å². The van der Waals surface area contributed by atoms with E-state index in [0.717, 1.165) is 31.9 Å². The number of rotatable bonds is 4. The van der Waals surface area contributed by atoms with Gasteiger partial charge in [0.15, 0.2) is 0 Å². The molecule has 5 heteroatoms. The molecule has 1 saturated heterocycles. The quantitative estimate of drug-likeness (QED) is 0.478. The molecule has 1 atom stereocenters. The van der Waals surface area contributed by atoms with Gasteiger partial charge in [0.05, 0.1) is 6.04 Å². The maximum atomic E-state index is 13.3. The minimum absolute atomic E-state index is 0.181. The number of hydrogen-bond acceptors (Lipinski definition) is 3. The SMILES string of the molecule is Cc1[nH]c2ccccc2c1[C@H](c1cccs1)N1CCN(c2ccc(F)cc2)CC1. The number of nitrogens with one attached hydrogen (secondary N) is 1. The Morgan fingerprint density at radius 2 is 1.69 bits per heavy atom. The average molecular weight is 406 g/mol. The van der Waals surface area contributed by atoms with Gasteiger partial charge in [0, 0.05) is 58.9 Å². The van der Waals surface area contributed by atoms with Crippen LogP contribution in [-0.2, 0) is 0 Å². The molecule has 1 N–H and O–H groups in total. The molecule has 4 aromatic rings. The number of aryl methyl sites for hydroxylation is 1. The first-order valence-electron chi connectivity index (χ1n) is 10.1. The van der Waals surface area contributed by atoms with Gasteiger partial charge in [0.25, 0.3) is 0 Å². The van der Waals surface area contributed by atoms with Crippen molar-refractivity contribution in [2.75, 3.05) is 31.1 Å². The summed E-state index contributed by atoms with van der Waals surface area (Å²) in [6.45, 7) is 6.01. The summed E-state index contributed by atoms with van der Waals surface area (Å²) in [4.78, 5) is 9.91. The van der Waals surface area contributed by atoms with E-state index in [1.807, 2.05) is 23.5 Å². The highest BCUT2D eigenvalue weighted by molar-refractivity contribution is 7.10. The topological polar surface area (TPSA) is 22.3 Å². The molecule has 0 bridgehead atoms. The number of para-hydroxylation sites is 1. The Kier molecular flexibility index (Phi) is 4.86. The van der Waals surface area contributed by atoms with Crippen LogP contribution in [0.3, 0.4) is 0 Å². The normalized spacial score (nSPS) is 16.4. The second-order valence-corrected chi connectivity index (χ2v) is 8.61. The van der Waals surface area contributed by atoms with Crippen molar-refractivity contribution in [2.45, 2.75) is 13.0 Å². The average Bonchev–Trinajstić information content (AvgIpc) is 3.38. The van der Waals surface area contributed by atoms with Crippen molar-refractivity contribution in [3.8, 4) is 0 Å². The molecular formula is C24H24FN3S. The van der Waals surface area contributed by atoms with E-state index in [4.69, 9.17) is 0 Å². The number of aromatic nitrogens is 1. The Labute approximate surface area is 174 Å². The number of aromatic amines is 1. The van der Waals surface area contributed by atoms with Gasteiger partial charge in [-0.25, -0.2) is 4.39 Å². The molecule has 1 aliphatic heterocycles. The highest BCUT2D eigenvalue weighted by Gasteiger charge is 2.30. The number of halogens is 1. The Morgan fingerprint density at radius 1 is 0.931 bits per heavy atom. The molecule has 0 radical (unpaired) electrons. The number of fused-ring (bicyclic) bond motifs is 1. The predicted octanol–water partition coefficient (Wildman–Crippen LogP) is 5.59. The van der Waals surface area contributed by atoms with Crippen molar-refractivity contribution in [3.05, 3.63) is 88.0 Å². The summed E-state index contributed by atoms with van der Waals surface area (Å²) < 4.78 is 13.3. The molecule has 3 heterocycles. The zero-order chi connectivity index (χ0) is 19.8. The smallest absolute Gasteiger partial charge is 0.123 e. The van der Waals surface area contributed by atoms with Gasteiger partial charge in [0.2, 0.25) is 0 Å². The number of nitrogens with zero attached hydrogens (tertiary/aromatic N) is 2. The molecule has 0 saturated carbocycles. The second kappa shape index (κ2) is 7.65. The Hall–Kier alpha value is -2.63. The minimum atomic E-state index is -0.181. The molecule has 0 aliphatic carbocycles. The van der Waals surface area contributed by atoms with Crippen LogP contribution in [0, 0.1) is 12.7 Å². The first kappa shape index (κ1) is 18.4. The molecule has 148 valence electrons. The molecule has 2 aromatic heterocycles. The second-order valence-electron chi connectivity index (χ2n) is 7.63. The molecule has 0 amide bonds. The molecule has 5 rings (SSSR count). The van der Waals surface area contributed by atoms with E-state index in [9.17, 15) is 4.39 Å². The van der Waals surface area contributed by atoms with Crippen molar-refractivity contribution in [1.29, 1.82) is 0 Å². The molecule has 0 unspecified atom stereocenters. The standard InChI is InChI=1S/C24H24FN3S/c1-17-23(20-5-2-3-6-21(20)26-17)24(22-7-4-16-29-22)28-14-12-27(13-15-28)19-10-8-18(25)9-11-19/h2-11,16,24,26H,12-15H2,1H3/t24-/m0/s1. The highest BCUT2D eigenvalue weighted by Crippen LogP contribution is 2.38. The van der Waals surface area contributed by atoms with Gasteiger partial charge in [-0.15, -0.1) is 11.3 Å². The Balaban J connectivity index is 1.46. The number of hydrogen-bond donors (Lipinski definition) is 1. The van der Waals surface area contributed by atoms with Crippen LogP contribution in [0.5, 0.6) is 0 Å². The van der Waals surface area contributed by atoms with E-state index >= 15 is 0 Å². The van der Waals surface area contributed by atoms with Crippen LogP contribution in [-0.4, -0.2) is 36.1 Å². The number of piperazine rings is 1. The Morgan fingerprint density at radius 3 is 2.41 bits per heavy atom. The zero-order valence-electron chi connectivity index (χ0n) is 16.4. The maximum absolute atomic E-state index is 13.3. The lowest BCUT2D eigenvalue weighted by atomic mass is 9.99. The lowest BCUT2D eigenvalue weighted by molar-refractivity contribution is 0.215. The van der Waals surface area contributed by atoms with Crippen molar-refractivity contribution in [2.24, 2.45) is 0 Å². The zero-order valence-corrected chi connectivity index (χ0v) is 17.3. The van der Waals surface area contributed by atoms with Gasteiger partial charge in [-0.2, -0.15) is 0 Å². The maximum Gasteiger partial charge on any atom is 0.123 e. The first-order valence-corrected chi connectivity index (χ1v) is 10.9. The molecular weight excluding hydrogens is 381 g/mol. The fourth-order valence-electron chi connectivity index (χ4n) is 4.49. The van der Waals surface area contributed by atoms with Gasteiger partial charge >= 0.3 is 0 Å². The molecule has 1 aliphatic rings. The number of thiophene rings is 1. The molecule has 3 nitrogen and oxygen atoms in total. The predicted molar refractivity (Wildman–Crippen MR) is 119 cm³/mol. The highest BCUT2D eigenvalue weighted by atomic mass is 32.1. The van der Waals surface area contributed by atoms with Gasteiger partial charge < -0.3 is 9.88 Å². The molecule has 2 aromatic carbocycles. The van der Waals surface area contributed by atoms with Crippen LogP contribution in [0.1, 0.15) is 22.2 Å². The number of anilines is 1. The first-order chi connectivity index (χ1) is 14.2. The third-order valence-electron chi connectivity index (χ3n) is 5.90. The summed E-state index contributed by atoms with van der Waals surface area (Å²) >= 11 is 1.83. The summed E-state index contributed by atoms with van der Waals surface area (Å²) in [5, 5.41) is 3.48. The minimum Gasteiger partial charge on any atom is -0.369 e. The van der Waals surface area contributed by atoms with E-state index in [1.165, 1.54) is 27.0 Å². The van der Waals surface area contributed by atoms with Gasteiger partial charge in [0.1, 0.15) is 5.82 Å². The van der Waals surface area contributed by atoms with Gasteiger partial charge in [-0.3, -0.25) is 4.90 Å². The van der Waals surface area contributed by atoms with E-state index in [-0.39, 0.29) is 11.9 Å². The summed E-state index contributed by atoms with van der Waals surface area (Å²) in [6.07, 6.45) is 0. The molecule has 29 heavy (non-hydrogen) atoms. The van der Waals surface area contributed by atoms with E-state index in [0.29, 0.717) is 0 Å². The van der Waals surface area contributed by atoms with Crippen LogP contribution in [0.15, 0.2) is 66.0 Å². The molecule has 1 fully saturated rings. The summed E-state index contributed by atoms with van der Waals surface area (Å²) in [6, 6.07) is 20.1. The fourth-order valence-corrected chi connectivity index (χ4v) is 5.36. The Bertz CT molecular complexity index is 1090. The lowest BCUT2D eigenvalue weighted by Crippen LogP contribution is -2.47. The van der Waals surface area contributed by atoms with Gasteiger partial charge in [-0.1, -0.05) is 24.3 Å². The van der Waals surface area contributed by atoms with Crippen LogP contribution in [0.2, 0.25) is 0 Å². The van der Waals surface area contributed by atoms with E-state index < -0.39 is 0 Å².